The fraction of sp³-hybridized carbons (Fsp3) is 0.667. The van der Waals surface area contributed by atoms with Crippen molar-refractivity contribution in [3.05, 3.63) is 11.3 Å². The molecule has 1 saturated carbocycles. The van der Waals surface area contributed by atoms with Crippen molar-refractivity contribution >= 4 is 34.8 Å². The molecule has 1 aromatic rings. The highest BCUT2D eigenvalue weighted by molar-refractivity contribution is 8.00. The van der Waals surface area contributed by atoms with Crippen LogP contribution in [0.3, 0.4) is 0 Å². The third-order valence-corrected chi connectivity index (χ3v) is 5.37. The lowest BCUT2D eigenvalue weighted by Gasteiger charge is -2.40. The molecule has 18 heavy (non-hydrogen) atoms. The molecule has 0 atom stereocenters. The zero-order valence-corrected chi connectivity index (χ0v) is 12.7. The van der Waals surface area contributed by atoms with Crippen LogP contribution in [-0.4, -0.2) is 32.3 Å². The molecule has 0 bridgehead atoms. The summed E-state index contributed by atoms with van der Waals surface area (Å²) in [6.45, 7) is 2.89. The Balaban J connectivity index is 2.16. The molecule has 4 nitrogen and oxygen atoms in total. The van der Waals surface area contributed by atoms with E-state index in [2.05, 4.69) is 16.7 Å². The van der Waals surface area contributed by atoms with Gasteiger partial charge in [-0.2, -0.15) is 16.9 Å². The van der Waals surface area contributed by atoms with E-state index in [1.807, 2.05) is 30.4 Å². The van der Waals surface area contributed by atoms with E-state index in [0.717, 1.165) is 23.6 Å². The first-order chi connectivity index (χ1) is 8.49. The largest absolute Gasteiger partial charge is 0.389 e. The zero-order valence-electron chi connectivity index (χ0n) is 11.1. The lowest BCUT2D eigenvalue weighted by Crippen LogP contribution is -2.40. The summed E-state index contributed by atoms with van der Waals surface area (Å²) >= 11 is 7.06. The van der Waals surface area contributed by atoms with Crippen molar-refractivity contribution < 1.29 is 0 Å². The summed E-state index contributed by atoms with van der Waals surface area (Å²) in [5.74, 6) is 0.945. The van der Waals surface area contributed by atoms with Crippen molar-refractivity contribution in [2.24, 2.45) is 12.8 Å². The van der Waals surface area contributed by atoms with E-state index >= 15 is 0 Å². The number of thiocarbonyl (C=S) groups is 1. The molecular weight excluding hydrogens is 264 g/mol. The van der Waals surface area contributed by atoms with E-state index in [1.54, 1.807) is 0 Å². The average molecular weight is 284 g/mol. The van der Waals surface area contributed by atoms with Gasteiger partial charge >= 0.3 is 0 Å². The molecule has 1 fully saturated rings. The second kappa shape index (κ2) is 5.09. The van der Waals surface area contributed by atoms with E-state index in [-0.39, 0.29) is 0 Å². The molecule has 6 heteroatoms. The van der Waals surface area contributed by atoms with E-state index in [4.69, 9.17) is 18.0 Å². The summed E-state index contributed by atoms with van der Waals surface area (Å²) in [5, 5.41) is 7.87. The molecule has 3 N–H and O–H groups in total. The van der Waals surface area contributed by atoms with E-state index in [1.165, 1.54) is 19.3 Å². The highest BCUT2D eigenvalue weighted by Crippen LogP contribution is 2.42. The third kappa shape index (κ3) is 2.36. The molecule has 0 unspecified atom stereocenters. The van der Waals surface area contributed by atoms with Gasteiger partial charge in [0.25, 0.3) is 0 Å². The molecule has 1 aromatic heterocycles. The van der Waals surface area contributed by atoms with Crippen molar-refractivity contribution in [2.45, 2.75) is 30.9 Å². The van der Waals surface area contributed by atoms with Crippen LogP contribution in [0.15, 0.2) is 0 Å². The Bertz CT molecular complexity index is 457. The second-order valence-electron chi connectivity index (χ2n) is 4.89. The summed E-state index contributed by atoms with van der Waals surface area (Å²) < 4.78 is 2.21. The topological polar surface area (TPSA) is 55.9 Å². The zero-order chi connectivity index (χ0) is 13.3. The highest BCUT2D eigenvalue weighted by atomic mass is 32.2. The number of aromatic nitrogens is 2. The number of aryl methyl sites for hydroxylation is 2. The minimum absolute atomic E-state index is 0.381. The Kier molecular flexibility index (Phi) is 3.87. The van der Waals surface area contributed by atoms with Gasteiger partial charge in [0.1, 0.15) is 10.8 Å². The Morgan fingerprint density at radius 3 is 2.72 bits per heavy atom. The highest BCUT2D eigenvalue weighted by Gasteiger charge is 2.36. The summed E-state index contributed by atoms with van der Waals surface area (Å²) in [5.41, 5.74) is 7.55. The minimum Gasteiger partial charge on any atom is -0.389 e. The molecule has 0 radical (unpaired) electrons. The summed E-state index contributed by atoms with van der Waals surface area (Å²) in [7, 11) is 1.92. The monoisotopic (exact) mass is 284 g/mol. The summed E-state index contributed by atoms with van der Waals surface area (Å²) in [6, 6.07) is 0. The molecule has 1 aliphatic carbocycles. The maximum absolute atomic E-state index is 5.78. The van der Waals surface area contributed by atoms with Gasteiger partial charge in [0.2, 0.25) is 0 Å². The van der Waals surface area contributed by atoms with Crippen molar-refractivity contribution in [1.29, 1.82) is 0 Å². The number of anilines is 1. The average Bonchev–Trinajstić information content (AvgIpc) is 2.52. The third-order valence-electron chi connectivity index (χ3n) is 3.74. The van der Waals surface area contributed by atoms with Crippen LogP contribution in [0.1, 0.15) is 30.5 Å². The predicted octanol–water partition coefficient (Wildman–Crippen LogP) is 2.06. The number of nitrogens with two attached hydrogens (primary N) is 1. The normalized spacial score (nSPS) is 17.3. The van der Waals surface area contributed by atoms with Gasteiger partial charge in [0, 0.05) is 18.3 Å². The first-order valence-electron chi connectivity index (χ1n) is 6.11. The van der Waals surface area contributed by atoms with Gasteiger partial charge in [-0.25, -0.2) is 0 Å². The number of nitrogens with zero attached hydrogens (tertiary/aromatic N) is 2. The van der Waals surface area contributed by atoms with Crippen LogP contribution in [0.2, 0.25) is 0 Å². The van der Waals surface area contributed by atoms with Gasteiger partial charge in [-0.05, 0) is 26.0 Å². The van der Waals surface area contributed by atoms with Crippen LogP contribution < -0.4 is 11.1 Å². The molecule has 0 spiro atoms. The van der Waals surface area contributed by atoms with E-state index < -0.39 is 0 Å². The van der Waals surface area contributed by atoms with Crippen LogP contribution in [0.25, 0.3) is 0 Å². The van der Waals surface area contributed by atoms with Crippen molar-refractivity contribution in [3.63, 3.8) is 0 Å². The number of thioether (sulfide) groups is 1. The molecule has 1 heterocycles. The fourth-order valence-electron chi connectivity index (χ4n) is 2.42. The molecule has 0 saturated heterocycles. The lowest BCUT2D eigenvalue weighted by molar-refractivity contribution is 0.379. The first-order valence-corrected chi connectivity index (χ1v) is 7.75. The maximum atomic E-state index is 5.78. The number of nitrogens with one attached hydrogen (secondary N) is 1. The van der Waals surface area contributed by atoms with Crippen LogP contribution >= 0.6 is 24.0 Å². The predicted molar refractivity (Wildman–Crippen MR) is 82.4 cm³/mol. The fourth-order valence-corrected chi connectivity index (χ4v) is 3.58. The van der Waals surface area contributed by atoms with Crippen LogP contribution in [0, 0.1) is 6.92 Å². The molecule has 0 aromatic carbocycles. The molecule has 0 aliphatic heterocycles. The van der Waals surface area contributed by atoms with Crippen molar-refractivity contribution in [2.75, 3.05) is 18.1 Å². The Morgan fingerprint density at radius 1 is 1.61 bits per heavy atom. The summed E-state index contributed by atoms with van der Waals surface area (Å²) in [4.78, 5) is 0.412. The van der Waals surface area contributed by atoms with Gasteiger partial charge in [-0.3, -0.25) is 4.68 Å². The van der Waals surface area contributed by atoms with Gasteiger partial charge in [0.05, 0.1) is 11.3 Å². The lowest BCUT2D eigenvalue weighted by atomic mass is 9.84. The van der Waals surface area contributed by atoms with Gasteiger partial charge < -0.3 is 11.1 Å². The van der Waals surface area contributed by atoms with Crippen LogP contribution in [-0.2, 0) is 7.05 Å². The Morgan fingerprint density at radius 2 is 2.28 bits per heavy atom. The summed E-state index contributed by atoms with van der Waals surface area (Å²) in [6.07, 6.45) is 6.07. The smallest absolute Gasteiger partial charge is 0.134 e. The Labute approximate surface area is 118 Å². The van der Waals surface area contributed by atoms with Gasteiger partial charge in [-0.15, -0.1) is 0 Å². The Hall–Kier alpha value is -0.750. The number of hydrogen-bond donors (Lipinski definition) is 2. The number of hydrogen-bond acceptors (Lipinski definition) is 4. The molecule has 0 amide bonds. The first kappa shape index (κ1) is 13.7. The van der Waals surface area contributed by atoms with Gasteiger partial charge in [0.15, 0.2) is 0 Å². The quantitative estimate of drug-likeness (QED) is 0.811. The standard InChI is InChI=1S/C12H20N4S2/c1-8-9(10(13)17)11(16(2)15-8)14-7-12(18-3)5-4-6-12/h14H,4-7H2,1-3H3,(H2,13,17). The van der Waals surface area contributed by atoms with Gasteiger partial charge in [-0.1, -0.05) is 18.6 Å². The van der Waals surface area contributed by atoms with Crippen molar-refractivity contribution in [3.8, 4) is 0 Å². The molecular formula is C12H20N4S2. The van der Waals surface area contributed by atoms with E-state index in [0.29, 0.717) is 9.74 Å². The van der Waals surface area contributed by atoms with Crippen LogP contribution in [0.4, 0.5) is 5.82 Å². The van der Waals surface area contributed by atoms with E-state index in [9.17, 15) is 0 Å². The molecule has 1 aliphatic rings. The maximum Gasteiger partial charge on any atom is 0.134 e. The second-order valence-corrected chi connectivity index (χ2v) is 6.61. The minimum atomic E-state index is 0.381. The number of rotatable bonds is 5. The molecule has 2 rings (SSSR count). The molecule has 100 valence electrons. The van der Waals surface area contributed by atoms with Crippen LogP contribution in [0.5, 0.6) is 0 Å². The van der Waals surface area contributed by atoms with Crippen molar-refractivity contribution in [1.82, 2.24) is 9.78 Å². The SMILES string of the molecule is CSC1(CNc2c(C(N)=S)c(C)nn2C)CCC1.